The maximum atomic E-state index is 13.4. The predicted octanol–water partition coefficient (Wildman–Crippen LogP) is 2.90. The second-order valence-electron chi connectivity index (χ2n) is 4.95. The summed E-state index contributed by atoms with van der Waals surface area (Å²) in [5.74, 6) is -0.180. The van der Waals surface area contributed by atoms with Crippen molar-refractivity contribution in [3.63, 3.8) is 0 Å². The third-order valence-electron chi connectivity index (χ3n) is 3.67. The van der Waals surface area contributed by atoms with Crippen LogP contribution in [0.3, 0.4) is 0 Å². The highest BCUT2D eigenvalue weighted by Gasteiger charge is 2.18. The van der Waals surface area contributed by atoms with Crippen molar-refractivity contribution in [1.82, 2.24) is 4.90 Å². The van der Waals surface area contributed by atoms with Crippen LogP contribution < -0.4 is 5.73 Å². The molecule has 0 saturated carbocycles. The highest BCUT2D eigenvalue weighted by atomic mass is 32.1. The van der Waals surface area contributed by atoms with Gasteiger partial charge in [0.05, 0.1) is 0 Å². The van der Waals surface area contributed by atoms with Crippen LogP contribution >= 0.6 is 11.3 Å². The van der Waals surface area contributed by atoms with E-state index in [1.165, 1.54) is 16.5 Å². The molecule has 0 radical (unpaired) electrons. The first-order valence-electron chi connectivity index (χ1n) is 6.51. The molecule has 19 heavy (non-hydrogen) atoms. The van der Waals surface area contributed by atoms with Crippen LogP contribution in [-0.2, 0) is 26.1 Å². The molecule has 1 aromatic heterocycles. The number of fused-ring (bicyclic) bond motifs is 1. The van der Waals surface area contributed by atoms with Crippen LogP contribution in [0.2, 0.25) is 0 Å². The Morgan fingerprint density at radius 1 is 1.26 bits per heavy atom. The summed E-state index contributed by atoms with van der Waals surface area (Å²) in [6.07, 6.45) is 1.10. The van der Waals surface area contributed by atoms with Gasteiger partial charge in [-0.3, -0.25) is 4.90 Å². The summed E-state index contributed by atoms with van der Waals surface area (Å²) in [6, 6.07) is 7.09. The lowest BCUT2D eigenvalue weighted by atomic mass is 10.0. The monoisotopic (exact) mass is 276 g/mol. The molecule has 0 spiro atoms. The molecule has 1 aliphatic heterocycles. The Bertz CT molecular complexity index is 579. The van der Waals surface area contributed by atoms with Gasteiger partial charge in [-0.1, -0.05) is 6.07 Å². The molecule has 1 aromatic carbocycles. The zero-order valence-corrected chi connectivity index (χ0v) is 11.5. The number of rotatable bonds is 3. The number of hydrogen-bond acceptors (Lipinski definition) is 3. The smallest absolute Gasteiger partial charge is 0.123 e. The molecule has 0 unspecified atom stereocenters. The Balaban J connectivity index is 1.77. The lowest BCUT2D eigenvalue weighted by Gasteiger charge is -2.27. The Kier molecular flexibility index (Phi) is 3.64. The van der Waals surface area contributed by atoms with Crippen LogP contribution in [0.4, 0.5) is 4.39 Å². The second-order valence-corrected chi connectivity index (χ2v) is 5.95. The molecule has 2 N–H and O–H groups in total. The molecular weight excluding hydrogens is 259 g/mol. The fraction of sp³-hybridized carbons (Fsp3) is 0.333. The van der Waals surface area contributed by atoms with Crippen molar-refractivity contribution in [1.29, 1.82) is 0 Å². The van der Waals surface area contributed by atoms with Gasteiger partial charge in [0.2, 0.25) is 0 Å². The van der Waals surface area contributed by atoms with Crippen LogP contribution in [0.15, 0.2) is 29.6 Å². The van der Waals surface area contributed by atoms with E-state index >= 15 is 0 Å². The van der Waals surface area contributed by atoms with E-state index in [1.54, 1.807) is 12.1 Å². The maximum absolute atomic E-state index is 13.4. The minimum absolute atomic E-state index is 0.180. The summed E-state index contributed by atoms with van der Waals surface area (Å²) >= 11 is 1.84. The zero-order valence-electron chi connectivity index (χ0n) is 10.7. The Labute approximate surface area is 116 Å². The van der Waals surface area contributed by atoms with Crippen molar-refractivity contribution in [3.8, 4) is 0 Å². The topological polar surface area (TPSA) is 29.3 Å². The highest BCUT2D eigenvalue weighted by molar-refractivity contribution is 7.10. The van der Waals surface area contributed by atoms with Gasteiger partial charge >= 0.3 is 0 Å². The second kappa shape index (κ2) is 5.41. The summed E-state index contributed by atoms with van der Waals surface area (Å²) in [5, 5.41) is 2.15. The third kappa shape index (κ3) is 2.71. The lowest BCUT2D eigenvalue weighted by molar-refractivity contribution is 0.246. The van der Waals surface area contributed by atoms with E-state index in [0.29, 0.717) is 6.54 Å². The van der Waals surface area contributed by atoms with Gasteiger partial charge in [-0.15, -0.1) is 11.3 Å². The van der Waals surface area contributed by atoms with Gasteiger partial charge in [0.1, 0.15) is 5.82 Å². The van der Waals surface area contributed by atoms with Gasteiger partial charge < -0.3 is 5.73 Å². The first-order valence-corrected chi connectivity index (χ1v) is 7.39. The molecule has 0 fully saturated rings. The average molecular weight is 276 g/mol. The van der Waals surface area contributed by atoms with E-state index in [4.69, 9.17) is 5.73 Å². The molecule has 2 heterocycles. The molecule has 0 atom stereocenters. The molecule has 2 aromatic rings. The van der Waals surface area contributed by atoms with Gasteiger partial charge in [0, 0.05) is 31.1 Å². The highest BCUT2D eigenvalue weighted by Crippen LogP contribution is 2.25. The molecule has 0 saturated heterocycles. The van der Waals surface area contributed by atoms with Crippen molar-refractivity contribution in [2.75, 3.05) is 6.54 Å². The van der Waals surface area contributed by atoms with Crippen molar-refractivity contribution >= 4 is 11.3 Å². The number of thiophene rings is 1. The van der Waals surface area contributed by atoms with Crippen LogP contribution in [0.25, 0.3) is 0 Å². The van der Waals surface area contributed by atoms with E-state index < -0.39 is 0 Å². The Hall–Kier alpha value is -1.23. The molecule has 4 heteroatoms. The summed E-state index contributed by atoms with van der Waals surface area (Å²) in [7, 11) is 0. The fourth-order valence-electron chi connectivity index (χ4n) is 2.62. The predicted molar refractivity (Wildman–Crippen MR) is 76.4 cm³/mol. The summed E-state index contributed by atoms with van der Waals surface area (Å²) in [5.41, 5.74) is 9.20. The van der Waals surface area contributed by atoms with Crippen molar-refractivity contribution in [3.05, 3.63) is 57.0 Å². The average Bonchev–Trinajstić information content (AvgIpc) is 2.86. The number of benzene rings is 1. The van der Waals surface area contributed by atoms with E-state index in [0.717, 1.165) is 37.2 Å². The number of nitrogens with two attached hydrogens (primary N) is 1. The van der Waals surface area contributed by atoms with E-state index in [1.807, 2.05) is 11.3 Å². The van der Waals surface area contributed by atoms with Crippen molar-refractivity contribution in [2.24, 2.45) is 5.73 Å². The van der Waals surface area contributed by atoms with Crippen LogP contribution in [0, 0.1) is 5.82 Å². The summed E-state index contributed by atoms with van der Waals surface area (Å²) in [6.45, 7) is 3.24. The Morgan fingerprint density at radius 3 is 3.00 bits per heavy atom. The first kappa shape index (κ1) is 12.8. The number of nitrogens with zero attached hydrogens (tertiary/aromatic N) is 1. The van der Waals surface area contributed by atoms with Crippen molar-refractivity contribution < 1.29 is 4.39 Å². The summed E-state index contributed by atoms with van der Waals surface area (Å²) < 4.78 is 13.4. The fourth-order valence-corrected chi connectivity index (χ4v) is 3.51. The Morgan fingerprint density at radius 2 is 2.16 bits per heavy atom. The maximum Gasteiger partial charge on any atom is 0.123 e. The minimum Gasteiger partial charge on any atom is -0.326 e. The molecule has 1 aliphatic rings. The molecule has 100 valence electrons. The SMILES string of the molecule is NCc1ccc(F)cc1CN1CCc2sccc2C1. The molecular formula is C15H17FN2S. The van der Waals surface area contributed by atoms with Crippen LogP contribution in [0.1, 0.15) is 21.6 Å². The van der Waals surface area contributed by atoms with Crippen LogP contribution in [-0.4, -0.2) is 11.4 Å². The molecule has 3 rings (SSSR count). The van der Waals surface area contributed by atoms with Gasteiger partial charge in [0.15, 0.2) is 0 Å². The molecule has 2 nitrogen and oxygen atoms in total. The van der Waals surface area contributed by atoms with Crippen LogP contribution in [0.5, 0.6) is 0 Å². The standard InChI is InChI=1S/C15H17FN2S/c16-14-2-1-11(8-17)13(7-14)10-18-5-3-15-12(9-18)4-6-19-15/h1-2,4,6-7H,3,5,8-10,17H2. The van der Waals surface area contributed by atoms with Crippen molar-refractivity contribution in [2.45, 2.75) is 26.1 Å². The van der Waals surface area contributed by atoms with E-state index in [-0.39, 0.29) is 5.82 Å². The van der Waals surface area contributed by atoms with Gasteiger partial charge in [0.25, 0.3) is 0 Å². The minimum atomic E-state index is -0.180. The van der Waals surface area contributed by atoms with Gasteiger partial charge in [-0.05, 0) is 46.7 Å². The number of halogens is 1. The third-order valence-corrected chi connectivity index (χ3v) is 4.69. The van der Waals surface area contributed by atoms with E-state index in [9.17, 15) is 4.39 Å². The molecule has 0 aliphatic carbocycles. The summed E-state index contributed by atoms with van der Waals surface area (Å²) in [4.78, 5) is 3.86. The van der Waals surface area contributed by atoms with E-state index in [2.05, 4.69) is 16.3 Å². The first-order chi connectivity index (χ1) is 9.26. The normalized spacial score (nSPS) is 15.5. The quantitative estimate of drug-likeness (QED) is 0.934. The zero-order chi connectivity index (χ0) is 13.2. The largest absolute Gasteiger partial charge is 0.326 e. The molecule has 0 amide bonds. The lowest BCUT2D eigenvalue weighted by Crippen LogP contribution is -2.29. The molecule has 0 bridgehead atoms. The van der Waals surface area contributed by atoms with Gasteiger partial charge in [-0.25, -0.2) is 4.39 Å². The van der Waals surface area contributed by atoms with Gasteiger partial charge in [-0.2, -0.15) is 0 Å². The number of hydrogen-bond donors (Lipinski definition) is 1.